The van der Waals surface area contributed by atoms with E-state index >= 15 is 0 Å². The Hall–Kier alpha value is -2.51. The Morgan fingerprint density at radius 1 is 1.19 bits per heavy atom. The molecule has 0 spiro atoms. The normalized spacial score (nSPS) is 11.1. The summed E-state index contributed by atoms with van der Waals surface area (Å²) < 4.78 is 41.5. The second-order valence-corrected chi connectivity index (χ2v) is 6.39. The van der Waals surface area contributed by atoms with Crippen molar-refractivity contribution in [2.45, 2.75) is 6.43 Å². The number of nitrogens with one attached hydrogen (secondary N) is 1. The summed E-state index contributed by atoms with van der Waals surface area (Å²) in [5, 5.41) is 5.44. The van der Waals surface area contributed by atoms with Crippen molar-refractivity contribution in [2.75, 3.05) is 5.32 Å². The third kappa shape index (κ3) is 3.79. The smallest absolute Gasteiger partial charge is 0.282 e. The fourth-order valence-electron chi connectivity index (χ4n) is 2.59. The van der Waals surface area contributed by atoms with Gasteiger partial charge in [0.2, 0.25) is 0 Å². The molecule has 0 fully saturated rings. The SMILES string of the molecule is Cn1cc(C(=O)Nc2c(-c3ccccc3)cc(F)c(Cl)c2Cl)c(C(F)F)n1. The molecule has 0 saturated heterocycles. The predicted molar refractivity (Wildman–Crippen MR) is 98.0 cm³/mol. The van der Waals surface area contributed by atoms with Crippen LogP contribution in [0.2, 0.25) is 10.0 Å². The van der Waals surface area contributed by atoms with Gasteiger partial charge in [-0.2, -0.15) is 5.10 Å². The lowest BCUT2D eigenvalue weighted by Gasteiger charge is -2.15. The van der Waals surface area contributed by atoms with Crippen LogP contribution in [0.4, 0.5) is 18.9 Å². The van der Waals surface area contributed by atoms with E-state index in [9.17, 15) is 18.0 Å². The van der Waals surface area contributed by atoms with Crippen molar-refractivity contribution in [1.29, 1.82) is 0 Å². The summed E-state index contributed by atoms with van der Waals surface area (Å²) >= 11 is 12.0. The van der Waals surface area contributed by atoms with Gasteiger partial charge in [-0.05, 0) is 11.6 Å². The van der Waals surface area contributed by atoms with Gasteiger partial charge in [0.15, 0.2) is 0 Å². The number of rotatable bonds is 4. The molecule has 4 nitrogen and oxygen atoms in total. The van der Waals surface area contributed by atoms with E-state index in [0.717, 1.165) is 16.9 Å². The first-order chi connectivity index (χ1) is 12.8. The zero-order valence-corrected chi connectivity index (χ0v) is 15.3. The Morgan fingerprint density at radius 3 is 2.48 bits per heavy atom. The molecule has 0 bridgehead atoms. The zero-order valence-electron chi connectivity index (χ0n) is 13.8. The van der Waals surface area contributed by atoms with E-state index in [1.165, 1.54) is 7.05 Å². The number of hydrogen-bond acceptors (Lipinski definition) is 2. The molecule has 1 N–H and O–H groups in total. The molecule has 0 saturated carbocycles. The molecule has 140 valence electrons. The third-order valence-electron chi connectivity index (χ3n) is 3.79. The largest absolute Gasteiger partial charge is 0.320 e. The standard InChI is InChI=1S/C18H12Cl2F3N3O/c1-26-8-11(16(25-26)17(22)23)18(27)24-15-10(9-5-3-2-4-6-9)7-12(21)13(19)14(15)20/h2-8,17H,1H3,(H,24,27). The summed E-state index contributed by atoms with van der Waals surface area (Å²) in [7, 11) is 1.42. The number of alkyl halides is 2. The molecule has 0 atom stereocenters. The minimum atomic E-state index is -2.94. The minimum Gasteiger partial charge on any atom is -0.320 e. The van der Waals surface area contributed by atoms with Gasteiger partial charge < -0.3 is 5.32 Å². The van der Waals surface area contributed by atoms with Crippen LogP contribution in [0.15, 0.2) is 42.6 Å². The van der Waals surface area contributed by atoms with Gasteiger partial charge in [-0.1, -0.05) is 53.5 Å². The summed E-state index contributed by atoms with van der Waals surface area (Å²) in [6.07, 6.45) is -1.77. The molecule has 1 aromatic heterocycles. The van der Waals surface area contributed by atoms with Gasteiger partial charge in [-0.25, -0.2) is 13.2 Å². The maximum Gasteiger partial charge on any atom is 0.282 e. The first-order valence-electron chi connectivity index (χ1n) is 7.65. The van der Waals surface area contributed by atoms with Gasteiger partial charge in [0, 0.05) is 18.8 Å². The monoisotopic (exact) mass is 413 g/mol. The average molecular weight is 414 g/mol. The topological polar surface area (TPSA) is 46.9 Å². The summed E-state index contributed by atoms with van der Waals surface area (Å²) in [6.45, 7) is 0. The van der Waals surface area contributed by atoms with Crippen LogP contribution < -0.4 is 5.32 Å². The Kier molecular flexibility index (Phi) is 5.43. The Morgan fingerprint density at radius 2 is 1.85 bits per heavy atom. The number of amides is 1. The number of benzene rings is 2. The van der Waals surface area contributed by atoms with Crippen LogP contribution in [0.25, 0.3) is 11.1 Å². The first kappa shape index (κ1) is 19.3. The molecule has 0 radical (unpaired) electrons. The molecule has 2 aromatic carbocycles. The van der Waals surface area contributed by atoms with E-state index < -0.39 is 23.8 Å². The summed E-state index contributed by atoms with van der Waals surface area (Å²) in [6, 6.07) is 9.69. The molecule has 3 aromatic rings. The number of hydrogen-bond donors (Lipinski definition) is 1. The molecule has 0 aliphatic carbocycles. The minimum absolute atomic E-state index is 0.0170. The Labute approximate surface area is 162 Å². The maximum atomic E-state index is 14.1. The second kappa shape index (κ2) is 7.62. The van der Waals surface area contributed by atoms with E-state index in [1.807, 2.05) is 0 Å². The molecule has 0 aliphatic rings. The molecule has 1 heterocycles. The highest BCUT2D eigenvalue weighted by atomic mass is 35.5. The summed E-state index contributed by atoms with van der Waals surface area (Å²) in [5.41, 5.74) is -0.143. The molecule has 27 heavy (non-hydrogen) atoms. The van der Waals surface area contributed by atoms with Crippen LogP contribution >= 0.6 is 23.2 Å². The maximum absolute atomic E-state index is 14.1. The molecule has 0 aliphatic heterocycles. The van der Waals surface area contributed by atoms with E-state index in [4.69, 9.17) is 23.2 Å². The van der Waals surface area contributed by atoms with E-state index in [1.54, 1.807) is 30.3 Å². The second-order valence-electron chi connectivity index (χ2n) is 5.63. The number of aromatic nitrogens is 2. The number of carbonyl (C=O) groups excluding carboxylic acids is 1. The van der Waals surface area contributed by atoms with Crippen molar-refractivity contribution >= 4 is 34.8 Å². The third-order valence-corrected chi connectivity index (χ3v) is 4.64. The lowest BCUT2D eigenvalue weighted by atomic mass is 10.0. The van der Waals surface area contributed by atoms with Gasteiger partial charge in [0.05, 0.1) is 21.3 Å². The molecule has 1 amide bonds. The van der Waals surface area contributed by atoms with Gasteiger partial charge in [-0.15, -0.1) is 0 Å². The van der Waals surface area contributed by atoms with E-state index in [-0.39, 0.29) is 26.9 Å². The van der Waals surface area contributed by atoms with Crippen molar-refractivity contribution in [3.05, 3.63) is 69.7 Å². The fourth-order valence-corrected chi connectivity index (χ4v) is 2.97. The highest BCUT2D eigenvalue weighted by Gasteiger charge is 2.25. The lowest BCUT2D eigenvalue weighted by molar-refractivity contribution is 0.101. The highest BCUT2D eigenvalue weighted by Crippen LogP contribution is 2.40. The van der Waals surface area contributed by atoms with Gasteiger partial charge >= 0.3 is 0 Å². The van der Waals surface area contributed by atoms with E-state index in [0.29, 0.717) is 5.56 Å². The van der Waals surface area contributed by atoms with Crippen LogP contribution in [0.1, 0.15) is 22.5 Å². The first-order valence-corrected chi connectivity index (χ1v) is 8.41. The number of anilines is 1. The van der Waals surface area contributed by atoms with Crippen LogP contribution in [0, 0.1) is 5.82 Å². The molecule has 0 unspecified atom stereocenters. The average Bonchev–Trinajstić information content (AvgIpc) is 3.05. The van der Waals surface area contributed by atoms with Crippen LogP contribution in [-0.4, -0.2) is 15.7 Å². The fraction of sp³-hybridized carbons (Fsp3) is 0.111. The van der Waals surface area contributed by atoms with Crippen molar-refractivity contribution in [3.8, 4) is 11.1 Å². The molecular weight excluding hydrogens is 402 g/mol. The Bertz CT molecular complexity index is 1010. The quantitative estimate of drug-likeness (QED) is 0.555. The number of nitrogens with zero attached hydrogens (tertiary/aromatic N) is 2. The number of carbonyl (C=O) groups is 1. The summed E-state index contributed by atoms with van der Waals surface area (Å²) in [4.78, 5) is 12.6. The van der Waals surface area contributed by atoms with E-state index in [2.05, 4.69) is 10.4 Å². The molecule has 9 heteroatoms. The van der Waals surface area contributed by atoms with Gasteiger partial charge in [0.1, 0.15) is 11.5 Å². The number of aryl methyl sites for hydroxylation is 1. The van der Waals surface area contributed by atoms with Gasteiger partial charge in [-0.3, -0.25) is 9.48 Å². The van der Waals surface area contributed by atoms with Gasteiger partial charge in [0.25, 0.3) is 12.3 Å². The van der Waals surface area contributed by atoms with Crippen LogP contribution in [0.3, 0.4) is 0 Å². The van der Waals surface area contributed by atoms with Crippen molar-refractivity contribution in [1.82, 2.24) is 9.78 Å². The molecular formula is C18H12Cl2F3N3O. The zero-order chi connectivity index (χ0) is 19.7. The number of halogens is 5. The van der Waals surface area contributed by atoms with Crippen molar-refractivity contribution in [2.24, 2.45) is 7.05 Å². The van der Waals surface area contributed by atoms with Crippen LogP contribution in [0.5, 0.6) is 0 Å². The van der Waals surface area contributed by atoms with Crippen LogP contribution in [-0.2, 0) is 7.05 Å². The molecule has 3 rings (SSSR count). The predicted octanol–water partition coefficient (Wildman–Crippen LogP) is 5.72. The Balaban J connectivity index is 2.09. The van der Waals surface area contributed by atoms with Crippen molar-refractivity contribution < 1.29 is 18.0 Å². The van der Waals surface area contributed by atoms with Crippen molar-refractivity contribution in [3.63, 3.8) is 0 Å². The summed E-state index contributed by atoms with van der Waals surface area (Å²) in [5.74, 6) is -1.63. The highest BCUT2D eigenvalue weighted by molar-refractivity contribution is 6.44. The lowest BCUT2D eigenvalue weighted by Crippen LogP contribution is -2.15.